The van der Waals surface area contributed by atoms with Crippen LogP contribution in [0.1, 0.15) is 24.0 Å². The lowest BCUT2D eigenvalue weighted by Gasteiger charge is -2.40. The second-order valence-electron chi connectivity index (χ2n) is 7.23. The van der Waals surface area contributed by atoms with Gasteiger partial charge in [-0.05, 0) is 43.5 Å². The molecule has 1 N–H and O–H groups in total. The number of carbonyl (C=O) groups is 2. The van der Waals surface area contributed by atoms with E-state index in [2.05, 4.69) is 11.3 Å². The number of benzene rings is 2. The van der Waals surface area contributed by atoms with Crippen molar-refractivity contribution >= 4 is 21.8 Å². The van der Waals surface area contributed by atoms with Crippen LogP contribution in [0.15, 0.2) is 72.1 Å². The van der Waals surface area contributed by atoms with Gasteiger partial charge in [-0.2, -0.15) is 0 Å². The van der Waals surface area contributed by atoms with Gasteiger partial charge in [-0.1, -0.05) is 54.6 Å². The minimum absolute atomic E-state index is 0.0407. The van der Waals surface area contributed by atoms with E-state index in [1.165, 1.54) is 18.2 Å². The highest BCUT2D eigenvalue weighted by Gasteiger charge is 2.44. The van der Waals surface area contributed by atoms with Crippen LogP contribution in [-0.4, -0.2) is 38.2 Å². The number of nitrogens with one attached hydrogen (secondary N) is 1. The Hall–Kier alpha value is -2.93. The number of carbonyl (C=O) groups excluding carboxylic acids is 2. The molecular weight excluding hydrogens is 388 g/mol. The highest BCUT2D eigenvalue weighted by Crippen LogP contribution is 2.36. The number of nitrogens with zero attached hydrogens (tertiary/aromatic N) is 1. The zero-order valence-corrected chi connectivity index (χ0v) is 17.1. The average Bonchev–Trinajstić information content (AvgIpc) is 2.73. The molecule has 0 atom stereocenters. The second-order valence-corrected chi connectivity index (χ2v) is 8.91. The van der Waals surface area contributed by atoms with Gasteiger partial charge in [0.1, 0.15) is 0 Å². The molecule has 0 saturated carbocycles. The number of rotatable bonds is 5. The Morgan fingerprint density at radius 2 is 1.62 bits per heavy atom. The van der Waals surface area contributed by atoms with Crippen LogP contribution in [0.4, 0.5) is 0 Å². The van der Waals surface area contributed by atoms with Crippen molar-refractivity contribution in [3.63, 3.8) is 0 Å². The van der Waals surface area contributed by atoms with Gasteiger partial charge in [0, 0.05) is 13.1 Å². The third-order valence-electron chi connectivity index (χ3n) is 5.42. The Bertz CT molecular complexity index is 1010. The third-order valence-corrected chi connectivity index (χ3v) is 6.77. The molecule has 3 rings (SSSR count). The van der Waals surface area contributed by atoms with Crippen molar-refractivity contribution in [2.24, 2.45) is 0 Å². The van der Waals surface area contributed by atoms with Crippen molar-refractivity contribution in [1.29, 1.82) is 0 Å². The molecule has 0 radical (unpaired) electrons. The van der Waals surface area contributed by atoms with Crippen molar-refractivity contribution in [2.45, 2.75) is 30.1 Å². The van der Waals surface area contributed by atoms with E-state index in [1.54, 1.807) is 17.0 Å². The predicted molar refractivity (Wildman–Crippen MR) is 111 cm³/mol. The van der Waals surface area contributed by atoms with E-state index >= 15 is 0 Å². The topological polar surface area (TPSA) is 83.6 Å². The molecule has 1 saturated heterocycles. The molecule has 0 bridgehead atoms. The van der Waals surface area contributed by atoms with E-state index < -0.39 is 21.3 Å². The lowest BCUT2D eigenvalue weighted by molar-refractivity contribution is -0.132. The highest BCUT2D eigenvalue weighted by molar-refractivity contribution is 7.90. The number of hydrogen-bond acceptors (Lipinski definition) is 4. The molecule has 2 aromatic rings. The summed E-state index contributed by atoms with van der Waals surface area (Å²) in [5.41, 5.74) is 0.634. The minimum atomic E-state index is -4.00. The molecule has 0 aromatic heterocycles. The molecule has 29 heavy (non-hydrogen) atoms. The van der Waals surface area contributed by atoms with Gasteiger partial charge in [0.05, 0.1) is 10.3 Å². The van der Waals surface area contributed by atoms with Gasteiger partial charge < -0.3 is 4.90 Å². The van der Waals surface area contributed by atoms with Crippen LogP contribution in [0, 0.1) is 6.92 Å². The van der Waals surface area contributed by atoms with Crippen LogP contribution in [0.2, 0.25) is 0 Å². The first-order valence-electron chi connectivity index (χ1n) is 9.39. The molecule has 2 aromatic carbocycles. The van der Waals surface area contributed by atoms with Gasteiger partial charge in [0.25, 0.3) is 10.0 Å². The SMILES string of the molecule is C=CC(=O)N1CCC(C(=O)NS(=O)(=O)c2ccc(C)cc2)(c2ccccc2)CC1. The number of piperidine rings is 1. The lowest BCUT2D eigenvalue weighted by atomic mass is 9.72. The molecule has 0 aliphatic carbocycles. The maximum atomic E-state index is 13.3. The number of sulfonamides is 1. The molecular formula is C22H24N2O4S. The lowest BCUT2D eigenvalue weighted by Crippen LogP contribution is -2.53. The summed E-state index contributed by atoms with van der Waals surface area (Å²) in [6.07, 6.45) is 1.90. The summed E-state index contributed by atoms with van der Waals surface area (Å²) in [5, 5.41) is 0. The van der Waals surface area contributed by atoms with Gasteiger partial charge in [0.15, 0.2) is 0 Å². The maximum Gasteiger partial charge on any atom is 0.264 e. The van der Waals surface area contributed by atoms with E-state index in [0.717, 1.165) is 11.1 Å². The number of likely N-dealkylation sites (tertiary alicyclic amines) is 1. The molecule has 152 valence electrons. The second kappa shape index (κ2) is 8.21. The summed E-state index contributed by atoms with van der Waals surface area (Å²) in [4.78, 5) is 26.9. The standard InChI is InChI=1S/C22H24N2O4S/c1-3-20(25)24-15-13-22(14-16-24,18-7-5-4-6-8-18)21(26)23-29(27,28)19-11-9-17(2)10-12-19/h3-12H,1,13-16H2,2H3,(H,23,26). The van der Waals surface area contributed by atoms with Crippen LogP contribution < -0.4 is 4.72 Å². The Balaban J connectivity index is 1.91. The number of aryl methyl sites for hydroxylation is 1. The summed E-state index contributed by atoms with van der Waals surface area (Å²) >= 11 is 0. The number of hydrogen-bond donors (Lipinski definition) is 1. The van der Waals surface area contributed by atoms with E-state index in [-0.39, 0.29) is 10.8 Å². The Morgan fingerprint density at radius 3 is 2.17 bits per heavy atom. The zero-order chi connectivity index (χ0) is 21.1. The van der Waals surface area contributed by atoms with Gasteiger partial charge in [-0.25, -0.2) is 13.1 Å². The van der Waals surface area contributed by atoms with E-state index in [0.29, 0.717) is 25.9 Å². The molecule has 1 fully saturated rings. The van der Waals surface area contributed by atoms with Gasteiger partial charge in [-0.15, -0.1) is 0 Å². The normalized spacial score (nSPS) is 16.1. The maximum absolute atomic E-state index is 13.3. The first-order chi connectivity index (χ1) is 13.8. The van der Waals surface area contributed by atoms with Crippen molar-refractivity contribution < 1.29 is 18.0 Å². The van der Waals surface area contributed by atoms with Crippen LogP contribution in [0.3, 0.4) is 0 Å². The molecule has 1 aliphatic heterocycles. The molecule has 2 amide bonds. The van der Waals surface area contributed by atoms with Crippen molar-refractivity contribution in [3.8, 4) is 0 Å². The first kappa shape index (κ1) is 20.8. The zero-order valence-electron chi connectivity index (χ0n) is 16.3. The van der Waals surface area contributed by atoms with Crippen molar-refractivity contribution in [2.75, 3.05) is 13.1 Å². The van der Waals surface area contributed by atoms with Crippen LogP contribution >= 0.6 is 0 Å². The quantitative estimate of drug-likeness (QED) is 0.765. The Morgan fingerprint density at radius 1 is 1.03 bits per heavy atom. The van der Waals surface area contributed by atoms with Crippen LogP contribution in [0.25, 0.3) is 0 Å². The number of amides is 2. The molecule has 1 aliphatic rings. The third kappa shape index (κ3) is 4.24. The fourth-order valence-corrected chi connectivity index (χ4v) is 4.69. The summed E-state index contributed by atoms with van der Waals surface area (Å²) in [6, 6.07) is 15.5. The monoisotopic (exact) mass is 412 g/mol. The minimum Gasteiger partial charge on any atom is -0.339 e. The first-order valence-corrected chi connectivity index (χ1v) is 10.9. The molecule has 7 heteroatoms. The largest absolute Gasteiger partial charge is 0.339 e. The van der Waals surface area contributed by atoms with E-state index in [9.17, 15) is 18.0 Å². The molecule has 0 spiro atoms. The van der Waals surface area contributed by atoms with Crippen molar-refractivity contribution in [1.82, 2.24) is 9.62 Å². The van der Waals surface area contributed by atoms with Gasteiger partial charge >= 0.3 is 0 Å². The molecule has 1 heterocycles. The van der Waals surface area contributed by atoms with E-state index in [4.69, 9.17) is 0 Å². The van der Waals surface area contributed by atoms with Crippen molar-refractivity contribution in [3.05, 3.63) is 78.4 Å². The fraction of sp³-hybridized carbons (Fsp3) is 0.273. The van der Waals surface area contributed by atoms with Crippen LogP contribution in [-0.2, 0) is 25.0 Å². The summed E-state index contributed by atoms with van der Waals surface area (Å²) < 4.78 is 27.8. The molecule has 6 nitrogen and oxygen atoms in total. The summed E-state index contributed by atoms with van der Waals surface area (Å²) in [6.45, 7) is 6.05. The summed E-state index contributed by atoms with van der Waals surface area (Å²) in [7, 11) is -4.00. The molecule has 0 unspecified atom stereocenters. The Labute approximate surface area is 171 Å². The predicted octanol–water partition coefficient (Wildman–Crippen LogP) is 2.55. The smallest absolute Gasteiger partial charge is 0.264 e. The highest BCUT2D eigenvalue weighted by atomic mass is 32.2. The van der Waals surface area contributed by atoms with Gasteiger partial charge in [-0.3, -0.25) is 9.59 Å². The van der Waals surface area contributed by atoms with Gasteiger partial charge in [0.2, 0.25) is 11.8 Å². The fourth-order valence-electron chi connectivity index (χ4n) is 3.64. The van der Waals surface area contributed by atoms with E-state index in [1.807, 2.05) is 37.3 Å². The Kier molecular flexibility index (Phi) is 5.88. The average molecular weight is 413 g/mol. The van der Waals surface area contributed by atoms with Crippen LogP contribution in [0.5, 0.6) is 0 Å². The summed E-state index contributed by atoms with van der Waals surface area (Å²) in [5.74, 6) is -0.769.